The van der Waals surface area contributed by atoms with Crippen molar-refractivity contribution in [1.82, 2.24) is 15.5 Å². The average Bonchev–Trinajstić information content (AvgIpc) is 3.26. The number of hydrogen-bond acceptors (Lipinski definition) is 8. The first-order valence-corrected chi connectivity index (χ1v) is 11.2. The maximum Gasteiger partial charge on any atom is 0.326 e. The van der Waals surface area contributed by atoms with Crippen LogP contribution in [0.5, 0.6) is 0 Å². The van der Waals surface area contributed by atoms with Gasteiger partial charge in [-0.25, -0.2) is 4.79 Å². The van der Waals surface area contributed by atoms with Gasteiger partial charge in [-0.05, 0) is 58.0 Å². The van der Waals surface area contributed by atoms with Crippen molar-refractivity contribution in [1.29, 1.82) is 0 Å². The first-order valence-electron chi connectivity index (χ1n) is 11.2. The van der Waals surface area contributed by atoms with Crippen molar-refractivity contribution in [2.75, 3.05) is 26.2 Å². The molecule has 0 aromatic heterocycles. The van der Waals surface area contributed by atoms with E-state index < -0.39 is 54.5 Å². The van der Waals surface area contributed by atoms with Gasteiger partial charge in [0.15, 0.2) is 0 Å². The molecule has 184 valence electrons. The number of hydrogen-bond donors (Lipinski definition) is 7. The SMILES string of the molecule is NCCCCC(N)C(=O)NC(CCCCN)C(=O)NC(CO)C(=O)N1CCCC1C(=O)O. The zero-order valence-electron chi connectivity index (χ0n) is 18.5. The summed E-state index contributed by atoms with van der Waals surface area (Å²) in [7, 11) is 0. The summed E-state index contributed by atoms with van der Waals surface area (Å²) in [5.41, 5.74) is 16.9. The quantitative estimate of drug-likeness (QED) is 0.130. The van der Waals surface area contributed by atoms with Gasteiger partial charge in [0.2, 0.25) is 17.7 Å². The lowest BCUT2D eigenvalue weighted by atomic mass is 10.1. The van der Waals surface area contributed by atoms with Crippen LogP contribution in [0.1, 0.15) is 51.4 Å². The summed E-state index contributed by atoms with van der Waals surface area (Å²) in [5, 5.41) is 24.0. The fraction of sp³-hybridized carbons (Fsp3) is 0.800. The number of aliphatic hydroxyl groups excluding tert-OH is 1. The molecule has 0 aliphatic carbocycles. The Kier molecular flexibility index (Phi) is 12.8. The zero-order valence-corrected chi connectivity index (χ0v) is 18.5. The predicted molar refractivity (Wildman–Crippen MR) is 117 cm³/mol. The molecule has 0 spiro atoms. The van der Waals surface area contributed by atoms with Crippen LogP contribution in [-0.4, -0.2) is 89.2 Å². The van der Waals surface area contributed by atoms with Gasteiger partial charge in [-0.15, -0.1) is 0 Å². The largest absolute Gasteiger partial charge is 0.480 e. The van der Waals surface area contributed by atoms with E-state index in [0.717, 1.165) is 11.3 Å². The van der Waals surface area contributed by atoms with Crippen LogP contribution in [-0.2, 0) is 19.2 Å². The highest BCUT2D eigenvalue weighted by Crippen LogP contribution is 2.18. The summed E-state index contributed by atoms with van der Waals surface area (Å²) in [5.74, 6) is -2.94. The number of unbranched alkanes of at least 4 members (excludes halogenated alkanes) is 2. The fourth-order valence-corrected chi connectivity index (χ4v) is 3.63. The molecule has 0 bridgehead atoms. The van der Waals surface area contributed by atoms with Gasteiger partial charge < -0.3 is 42.9 Å². The van der Waals surface area contributed by atoms with Gasteiger partial charge in [-0.1, -0.05) is 6.42 Å². The van der Waals surface area contributed by atoms with Crippen molar-refractivity contribution >= 4 is 23.7 Å². The van der Waals surface area contributed by atoms with E-state index in [1.165, 1.54) is 0 Å². The molecule has 4 unspecified atom stereocenters. The number of likely N-dealkylation sites (tertiary alicyclic amines) is 1. The average molecular weight is 459 g/mol. The highest BCUT2D eigenvalue weighted by Gasteiger charge is 2.38. The molecule has 12 nitrogen and oxygen atoms in total. The molecular formula is C20H38N6O6. The highest BCUT2D eigenvalue weighted by molar-refractivity contribution is 5.94. The van der Waals surface area contributed by atoms with E-state index in [1.54, 1.807) is 0 Å². The number of carboxylic acid groups (broad SMARTS) is 1. The second-order valence-electron chi connectivity index (χ2n) is 8.01. The number of nitrogens with one attached hydrogen (secondary N) is 2. The van der Waals surface area contributed by atoms with Crippen LogP contribution in [0.3, 0.4) is 0 Å². The van der Waals surface area contributed by atoms with Crippen LogP contribution in [0.25, 0.3) is 0 Å². The summed E-state index contributed by atoms with van der Waals surface area (Å²) in [6.07, 6.45) is 4.14. The van der Waals surface area contributed by atoms with E-state index in [-0.39, 0.29) is 13.0 Å². The number of rotatable bonds is 15. The maximum absolute atomic E-state index is 12.8. The molecule has 0 aromatic carbocycles. The first kappa shape index (κ1) is 27.8. The third kappa shape index (κ3) is 8.69. The number of carbonyl (C=O) groups excluding carboxylic acids is 3. The number of carboxylic acids is 1. The molecule has 0 radical (unpaired) electrons. The normalized spacial score (nSPS) is 18.6. The Morgan fingerprint density at radius 1 is 0.938 bits per heavy atom. The Hall–Kier alpha value is -2.28. The second kappa shape index (κ2) is 14.7. The van der Waals surface area contributed by atoms with Gasteiger partial charge in [0.05, 0.1) is 12.6 Å². The monoisotopic (exact) mass is 458 g/mol. The van der Waals surface area contributed by atoms with Crippen LogP contribution < -0.4 is 27.8 Å². The van der Waals surface area contributed by atoms with E-state index in [1.807, 2.05) is 0 Å². The summed E-state index contributed by atoms with van der Waals surface area (Å²) < 4.78 is 0. The highest BCUT2D eigenvalue weighted by atomic mass is 16.4. The van der Waals surface area contributed by atoms with E-state index in [2.05, 4.69) is 10.6 Å². The number of amides is 3. The summed E-state index contributed by atoms with van der Waals surface area (Å²) in [6.45, 7) is 0.449. The number of nitrogens with zero attached hydrogens (tertiary/aromatic N) is 1. The fourth-order valence-electron chi connectivity index (χ4n) is 3.63. The Morgan fingerprint density at radius 3 is 2.09 bits per heavy atom. The van der Waals surface area contributed by atoms with Gasteiger partial charge in [0, 0.05) is 6.54 Å². The van der Waals surface area contributed by atoms with Crippen molar-refractivity contribution in [3.63, 3.8) is 0 Å². The van der Waals surface area contributed by atoms with E-state index in [0.29, 0.717) is 51.6 Å². The van der Waals surface area contributed by atoms with Gasteiger partial charge in [-0.3, -0.25) is 14.4 Å². The molecule has 0 aromatic rings. The van der Waals surface area contributed by atoms with Crippen LogP contribution in [0.15, 0.2) is 0 Å². The number of carbonyl (C=O) groups is 4. The lowest BCUT2D eigenvalue weighted by molar-refractivity contribution is -0.150. The van der Waals surface area contributed by atoms with Crippen molar-refractivity contribution in [3.8, 4) is 0 Å². The molecule has 32 heavy (non-hydrogen) atoms. The molecule has 1 aliphatic heterocycles. The molecule has 3 amide bonds. The van der Waals surface area contributed by atoms with E-state index in [4.69, 9.17) is 17.2 Å². The molecular weight excluding hydrogens is 420 g/mol. The molecule has 1 saturated heterocycles. The van der Waals surface area contributed by atoms with E-state index >= 15 is 0 Å². The van der Waals surface area contributed by atoms with Crippen LogP contribution in [0, 0.1) is 0 Å². The zero-order chi connectivity index (χ0) is 24.1. The molecule has 1 heterocycles. The van der Waals surface area contributed by atoms with Crippen molar-refractivity contribution in [2.45, 2.75) is 75.5 Å². The second-order valence-corrected chi connectivity index (χ2v) is 8.01. The molecule has 1 rings (SSSR count). The molecule has 12 heteroatoms. The van der Waals surface area contributed by atoms with Gasteiger partial charge in [-0.2, -0.15) is 0 Å². The van der Waals surface area contributed by atoms with Crippen LogP contribution in [0.2, 0.25) is 0 Å². The number of aliphatic carboxylic acids is 1. The Morgan fingerprint density at radius 2 is 1.53 bits per heavy atom. The predicted octanol–water partition coefficient (Wildman–Crippen LogP) is -2.39. The smallest absolute Gasteiger partial charge is 0.326 e. The maximum atomic E-state index is 12.8. The minimum absolute atomic E-state index is 0.233. The van der Waals surface area contributed by atoms with Gasteiger partial charge in [0.1, 0.15) is 18.1 Å². The third-order valence-electron chi connectivity index (χ3n) is 5.50. The lowest BCUT2D eigenvalue weighted by Crippen LogP contribution is -2.58. The first-order chi connectivity index (χ1) is 15.3. The molecule has 1 fully saturated rings. The van der Waals surface area contributed by atoms with Gasteiger partial charge >= 0.3 is 5.97 Å². The van der Waals surface area contributed by atoms with Crippen molar-refractivity contribution in [2.24, 2.45) is 17.2 Å². The minimum atomic E-state index is -1.31. The Balaban J connectivity index is 2.80. The molecule has 4 atom stereocenters. The summed E-state index contributed by atoms with van der Waals surface area (Å²) >= 11 is 0. The number of aliphatic hydroxyl groups is 1. The van der Waals surface area contributed by atoms with Crippen LogP contribution in [0.4, 0.5) is 0 Å². The topological polar surface area (TPSA) is 214 Å². The van der Waals surface area contributed by atoms with Crippen LogP contribution >= 0.6 is 0 Å². The summed E-state index contributed by atoms with van der Waals surface area (Å²) in [6, 6.07) is -4.07. The molecule has 1 aliphatic rings. The number of nitrogens with two attached hydrogens (primary N) is 3. The molecule has 10 N–H and O–H groups in total. The lowest BCUT2D eigenvalue weighted by Gasteiger charge is -2.28. The Labute approximate surface area is 188 Å². The van der Waals surface area contributed by atoms with Crippen molar-refractivity contribution in [3.05, 3.63) is 0 Å². The standard InChI is InChI=1S/C20H38N6O6/c21-9-3-1-6-13(23)17(28)24-14(7-2-4-10-22)18(29)25-15(12-27)19(30)26-11-5-8-16(26)20(31)32/h13-16,27H,1-12,21-23H2,(H,24,28)(H,25,29)(H,31,32). The minimum Gasteiger partial charge on any atom is -0.480 e. The molecule has 0 saturated carbocycles. The summed E-state index contributed by atoms with van der Waals surface area (Å²) in [4.78, 5) is 50.5. The van der Waals surface area contributed by atoms with E-state index in [9.17, 15) is 29.4 Å². The van der Waals surface area contributed by atoms with Crippen molar-refractivity contribution < 1.29 is 29.4 Å². The third-order valence-corrected chi connectivity index (χ3v) is 5.50. The van der Waals surface area contributed by atoms with Gasteiger partial charge in [0.25, 0.3) is 0 Å². The Bertz CT molecular complexity index is 634.